The van der Waals surface area contributed by atoms with Crippen molar-refractivity contribution < 1.29 is 33.1 Å². The third-order valence-electron chi connectivity index (χ3n) is 2.15. The van der Waals surface area contributed by atoms with E-state index in [0.717, 1.165) is 6.20 Å². The molecule has 0 radical (unpaired) electrons. The fourth-order valence-corrected chi connectivity index (χ4v) is 1.15. The van der Waals surface area contributed by atoms with E-state index in [0.29, 0.717) is 6.07 Å². The van der Waals surface area contributed by atoms with Gasteiger partial charge in [-0.2, -0.15) is 13.2 Å². The summed E-state index contributed by atoms with van der Waals surface area (Å²) < 4.78 is 36.2. The molecule has 0 saturated carbocycles. The minimum atomic E-state index is -4.89. The molecule has 0 amide bonds. The van der Waals surface area contributed by atoms with Crippen molar-refractivity contribution in [2.24, 2.45) is 0 Å². The van der Waals surface area contributed by atoms with E-state index in [-0.39, 0.29) is 0 Å². The van der Waals surface area contributed by atoms with Crippen molar-refractivity contribution in [2.75, 3.05) is 11.9 Å². The molecule has 0 aromatic carbocycles. The average Bonchev–Trinajstić information content (AvgIpc) is 2.34. The number of pyridine rings is 1. The highest BCUT2D eigenvalue weighted by atomic mass is 19.4. The predicted octanol–water partition coefficient (Wildman–Crippen LogP) is 1.02. The van der Waals surface area contributed by atoms with Crippen LogP contribution in [-0.2, 0) is 0 Å². The van der Waals surface area contributed by atoms with Gasteiger partial charge in [0.05, 0.1) is 17.0 Å². The Balaban J connectivity index is 2.95. The Hall–Kier alpha value is -2.43. The first-order valence-electron chi connectivity index (χ1n) is 4.99. The molecular weight excluding hydrogens is 287 g/mol. The van der Waals surface area contributed by atoms with Crippen LogP contribution in [0, 0.1) is 10.1 Å². The molecule has 0 fully saturated rings. The number of alkyl halides is 3. The van der Waals surface area contributed by atoms with Gasteiger partial charge in [-0.05, 0) is 0 Å². The molecule has 1 aromatic rings. The Bertz CT molecular complexity index is 534. The van der Waals surface area contributed by atoms with Gasteiger partial charge < -0.3 is 15.5 Å². The molecule has 0 saturated heterocycles. The number of hydrogen-bond acceptors (Lipinski definition) is 6. The normalized spacial score (nSPS) is 12.8. The lowest BCUT2D eigenvalue weighted by Crippen LogP contribution is -2.35. The molecule has 0 aliphatic heterocycles. The van der Waals surface area contributed by atoms with Gasteiger partial charge in [-0.3, -0.25) is 10.1 Å². The summed E-state index contributed by atoms with van der Waals surface area (Å²) in [4.78, 5) is 23.7. The van der Waals surface area contributed by atoms with Crippen molar-refractivity contribution in [3.8, 4) is 0 Å². The minimum Gasteiger partial charge on any atom is -0.478 e. The van der Waals surface area contributed by atoms with Gasteiger partial charge in [0.2, 0.25) is 5.82 Å². The molecule has 0 aliphatic rings. The number of hydrogen-bond donors (Lipinski definition) is 3. The van der Waals surface area contributed by atoms with Crippen molar-refractivity contribution in [2.45, 2.75) is 12.3 Å². The number of aromatic nitrogens is 1. The molecule has 20 heavy (non-hydrogen) atoms. The number of aliphatic hydroxyl groups excluding tert-OH is 1. The summed E-state index contributed by atoms with van der Waals surface area (Å²) in [5.41, 5.74) is -1.29. The number of carbonyl (C=O) groups is 1. The summed E-state index contributed by atoms with van der Waals surface area (Å²) in [6.07, 6.45) is -6.87. The van der Waals surface area contributed by atoms with E-state index in [1.807, 2.05) is 5.32 Å². The number of halogens is 3. The van der Waals surface area contributed by atoms with Crippen LogP contribution in [0.3, 0.4) is 0 Å². The third kappa shape index (κ3) is 3.78. The Labute approximate surface area is 109 Å². The highest BCUT2D eigenvalue weighted by molar-refractivity contribution is 5.88. The summed E-state index contributed by atoms with van der Waals surface area (Å²) >= 11 is 0. The van der Waals surface area contributed by atoms with Crippen molar-refractivity contribution >= 4 is 17.5 Å². The first-order valence-corrected chi connectivity index (χ1v) is 4.99. The predicted molar refractivity (Wildman–Crippen MR) is 58.4 cm³/mol. The van der Waals surface area contributed by atoms with Crippen LogP contribution in [0.4, 0.5) is 24.7 Å². The van der Waals surface area contributed by atoms with Crippen LogP contribution >= 0.6 is 0 Å². The topological polar surface area (TPSA) is 126 Å². The summed E-state index contributed by atoms with van der Waals surface area (Å²) in [6.45, 7) is -1.05. The molecule has 1 unspecified atom stereocenters. The largest absolute Gasteiger partial charge is 0.478 e. The molecule has 110 valence electrons. The van der Waals surface area contributed by atoms with E-state index in [2.05, 4.69) is 4.98 Å². The molecule has 8 nitrogen and oxygen atoms in total. The third-order valence-corrected chi connectivity index (χ3v) is 2.15. The Morgan fingerprint density at radius 1 is 1.55 bits per heavy atom. The zero-order chi connectivity index (χ0) is 15.5. The molecule has 1 aromatic heterocycles. The second-order valence-corrected chi connectivity index (χ2v) is 3.59. The standard InChI is InChI=1S/C9H8F3N3O5/c10-9(11,12)6(16)3-14-7-5(15(19)20)1-4(2-13-7)8(17)18/h1-2,6,16H,3H2,(H,13,14)(H,17,18). The first-order chi connectivity index (χ1) is 9.12. The molecule has 0 aliphatic carbocycles. The average molecular weight is 295 g/mol. The maximum Gasteiger partial charge on any atom is 0.416 e. The Morgan fingerprint density at radius 3 is 2.60 bits per heavy atom. The van der Waals surface area contributed by atoms with Crippen molar-refractivity contribution in [3.63, 3.8) is 0 Å². The van der Waals surface area contributed by atoms with Gasteiger partial charge in [0.15, 0.2) is 6.10 Å². The molecule has 11 heteroatoms. The van der Waals surface area contributed by atoms with Crippen LogP contribution in [-0.4, -0.2) is 44.9 Å². The van der Waals surface area contributed by atoms with Crippen LogP contribution in [0.2, 0.25) is 0 Å². The fourth-order valence-electron chi connectivity index (χ4n) is 1.15. The number of nitro groups is 1. The number of anilines is 1. The number of nitrogens with one attached hydrogen (secondary N) is 1. The van der Waals surface area contributed by atoms with Crippen molar-refractivity contribution in [1.29, 1.82) is 0 Å². The fraction of sp³-hybridized carbons (Fsp3) is 0.333. The Kier molecular flexibility index (Phi) is 4.45. The van der Waals surface area contributed by atoms with Gasteiger partial charge in [0.25, 0.3) is 0 Å². The molecule has 3 N–H and O–H groups in total. The number of carboxylic acid groups (broad SMARTS) is 1. The summed E-state index contributed by atoms with van der Waals surface area (Å²) in [5, 5.41) is 30.0. The first kappa shape index (κ1) is 15.6. The van der Waals surface area contributed by atoms with E-state index in [1.54, 1.807) is 0 Å². The van der Waals surface area contributed by atoms with Gasteiger partial charge >= 0.3 is 17.8 Å². The van der Waals surface area contributed by atoms with Crippen molar-refractivity contribution in [1.82, 2.24) is 4.98 Å². The van der Waals surface area contributed by atoms with E-state index in [1.165, 1.54) is 0 Å². The maximum absolute atomic E-state index is 12.1. The smallest absolute Gasteiger partial charge is 0.416 e. The van der Waals surface area contributed by atoms with Crippen molar-refractivity contribution in [3.05, 3.63) is 27.9 Å². The Morgan fingerprint density at radius 2 is 2.15 bits per heavy atom. The van der Waals surface area contributed by atoms with Crippen LogP contribution in [0.5, 0.6) is 0 Å². The lowest BCUT2D eigenvalue weighted by atomic mass is 10.2. The minimum absolute atomic E-state index is 0.487. The lowest BCUT2D eigenvalue weighted by molar-refractivity contribution is -0.384. The number of aromatic carboxylic acids is 1. The number of carboxylic acids is 1. The molecule has 1 heterocycles. The highest BCUT2D eigenvalue weighted by Gasteiger charge is 2.38. The van der Waals surface area contributed by atoms with Crippen LogP contribution in [0.15, 0.2) is 12.3 Å². The quantitative estimate of drug-likeness (QED) is 0.547. The van der Waals surface area contributed by atoms with Gasteiger partial charge in [-0.25, -0.2) is 9.78 Å². The monoisotopic (exact) mass is 295 g/mol. The van der Waals surface area contributed by atoms with Gasteiger partial charge in [0.1, 0.15) is 0 Å². The second kappa shape index (κ2) is 5.69. The zero-order valence-electron chi connectivity index (χ0n) is 9.59. The molecule has 1 rings (SSSR count). The van der Waals surface area contributed by atoms with Crippen LogP contribution < -0.4 is 5.32 Å². The van der Waals surface area contributed by atoms with Crippen LogP contribution in [0.1, 0.15) is 10.4 Å². The number of nitrogens with zero attached hydrogens (tertiary/aromatic N) is 2. The maximum atomic E-state index is 12.1. The summed E-state index contributed by atoms with van der Waals surface area (Å²) in [7, 11) is 0. The van der Waals surface area contributed by atoms with E-state index >= 15 is 0 Å². The zero-order valence-corrected chi connectivity index (χ0v) is 9.59. The lowest BCUT2D eigenvalue weighted by Gasteiger charge is -2.15. The number of aliphatic hydroxyl groups is 1. The van der Waals surface area contributed by atoms with Gasteiger partial charge in [0, 0.05) is 12.3 Å². The SMILES string of the molecule is O=C(O)c1cnc(NCC(O)C(F)(F)F)c([N+](=O)[O-])c1. The molecular formula is C9H8F3N3O5. The van der Waals surface area contributed by atoms with E-state index < -0.39 is 46.8 Å². The molecule has 0 spiro atoms. The van der Waals surface area contributed by atoms with Gasteiger partial charge in [-0.1, -0.05) is 0 Å². The molecule has 1 atom stereocenters. The molecule has 0 bridgehead atoms. The second-order valence-electron chi connectivity index (χ2n) is 3.59. The van der Waals surface area contributed by atoms with Gasteiger partial charge in [-0.15, -0.1) is 0 Å². The highest BCUT2D eigenvalue weighted by Crippen LogP contribution is 2.25. The summed E-state index contributed by atoms with van der Waals surface area (Å²) in [6, 6.07) is 0.650. The van der Waals surface area contributed by atoms with E-state index in [9.17, 15) is 28.1 Å². The number of rotatable bonds is 5. The van der Waals surface area contributed by atoms with E-state index in [4.69, 9.17) is 10.2 Å². The van der Waals surface area contributed by atoms with Crippen LogP contribution in [0.25, 0.3) is 0 Å². The summed E-state index contributed by atoms with van der Waals surface area (Å²) in [5.74, 6) is -2.04.